The largest absolute Gasteiger partial charge is 0.324 e. The number of benzene rings is 2. The molecule has 1 aliphatic carbocycles. The molecule has 5 nitrogen and oxygen atoms in total. The van der Waals surface area contributed by atoms with Crippen LogP contribution in [-0.4, -0.2) is 31.2 Å². The fourth-order valence-electron chi connectivity index (χ4n) is 4.39. The average molecular weight is 522 g/mol. The summed E-state index contributed by atoms with van der Waals surface area (Å²) >= 11 is 3.54. The van der Waals surface area contributed by atoms with Crippen molar-refractivity contribution in [2.75, 3.05) is 11.9 Å². The third kappa shape index (κ3) is 5.80. The van der Waals surface area contributed by atoms with Crippen LogP contribution in [0.25, 0.3) is 0 Å². The zero-order chi connectivity index (χ0) is 23.3. The summed E-state index contributed by atoms with van der Waals surface area (Å²) in [4.78, 5) is 13.4. The molecule has 0 aromatic heterocycles. The molecule has 1 amide bonds. The zero-order valence-corrected chi connectivity index (χ0v) is 21.6. The molecule has 1 aliphatic rings. The second kappa shape index (κ2) is 10.9. The van der Waals surface area contributed by atoms with Crippen LogP contribution in [0.4, 0.5) is 5.69 Å². The van der Waals surface area contributed by atoms with Gasteiger partial charge in [0, 0.05) is 16.2 Å². The molecule has 1 N–H and O–H groups in total. The highest BCUT2D eigenvalue weighted by atomic mass is 79.9. The van der Waals surface area contributed by atoms with Crippen molar-refractivity contribution in [2.45, 2.75) is 76.7 Å². The van der Waals surface area contributed by atoms with Crippen molar-refractivity contribution in [3.63, 3.8) is 0 Å². The van der Waals surface area contributed by atoms with Crippen molar-refractivity contribution in [3.8, 4) is 0 Å². The van der Waals surface area contributed by atoms with Gasteiger partial charge in [0.05, 0.1) is 11.4 Å². The minimum Gasteiger partial charge on any atom is -0.324 e. The summed E-state index contributed by atoms with van der Waals surface area (Å²) in [7, 11) is -3.78. The lowest BCUT2D eigenvalue weighted by Gasteiger charge is -2.33. The number of nitrogens with one attached hydrogen (secondary N) is 1. The van der Waals surface area contributed by atoms with Gasteiger partial charge in [-0.25, -0.2) is 8.42 Å². The predicted octanol–water partition coefficient (Wildman–Crippen LogP) is 5.84. The first-order chi connectivity index (χ1) is 15.3. The fraction of sp³-hybridized carbons (Fsp3) is 0.480. The van der Waals surface area contributed by atoms with Crippen LogP contribution in [0.3, 0.4) is 0 Å². The van der Waals surface area contributed by atoms with E-state index < -0.39 is 10.0 Å². The van der Waals surface area contributed by atoms with Gasteiger partial charge in [0.1, 0.15) is 0 Å². The standard InChI is InChI=1S/C25H33BrN2O3S/c1-4-19-15-21(26)16-20(5-2)25(19)27-24(29)17-28(22-9-7-6-8-10-22)32(30,31)23-13-11-18(3)12-14-23/h11-16,22H,4-10,17H2,1-3H3,(H,27,29). The number of carbonyl (C=O) groups is 1. The second-order valence-corrected chi connectivity index (χ2v) is 11.3. The maximum absolute atomic E-state index is 13.6. The Morgan fingerprint density at radius 3 is 2.12 bits per heavy atom. The van der Waals surface area contributed by atoms with Gasteiger partial charge < -0.3 is 5.32 Å². The molecule has 7 heteroatoms. The first kappa shape index (κ1) is 24.9. The number of anilines is 1. The lowest BCUT2D eigenvalue weighted by atomic mass is 9.95. The molecule has 0 atom stereocenters. The maximum atomic E-state index is 13.6. The van der Waals surface area contributed by atoms with Crippen molar-refractivity contribution in [3.05, 3.63) is 57.6 Å². The molecule has 0 unspecified atom stereocenters. The Hall–Kier alpha value is -1.70. The molecule has 174 valence electrons. The fourth-order valence-corrected chi connectivity index (χ4v) is 6.58. The number of amides is 1. The van der Waals surface area contributed by atoms with Gasteiger partial charge >= 0.3 is 0 Å². The van der Waals surface area contributed by atoms with E-state index in [9.17, 15) is 13.2 Å². The van der Waals surface area contributed by atoms with Crippen molar-refractivity contribution < 1.29 is 13.2 Å². The van der Waals surface area contributed by atoms with E-state index in [0.717, 1.165) is 71.8 Å². The van der Waals surface area contributed by atoms with Crippen LogP contribution in [0.2, 0.25) is 0 Å². The van der Waals surface area contributed by atoms with Crippen LogP contribution in [0.5, 0.6) is 0 Å². The summed E-state index contributed by atoms with van der Waals surface area (Å²) in [5, 5.41) is 3.04. The first-order valence-electron chi connectivity index (χ1n) is 11.5. The van der Waals surface area contributed by atoms with Gasteiger partial charge in [-0.15, -0.1) is 0 Å². The van der Waals surface area contributed by atoms with Gasteiger partial charge in [0.2, 0.25) is 15.9 Å². The molecule has 0 saturated heterocycles. The lowest BCUT2D eigenvalue weighted by molar-refractivity contribution is -0.116. The summed E-state index contributed by atoms with van der Waals surface area (Å²) in [5.74, 6) is -0.294. The van der Waals surface area contributed by atoms with E-state index in [1.807, 2.05) is 32.9 Å². The molecular weight excluding hydrogens is 488 g/mol. The molecule has 2 aromatic rings. The van der Waals surface area contributed by atoms with Crippen LogP contribution in [0.15, 0.2) is 45.8 Å². The van der Waals surface area contributed by atoms with E-state index in [1.54, 1.807) is 24.3 Å². The molecule has 32 heavy (non-hydrogen) atoms. The average Bonchev–Trinajstić information content (AvgIpc) is 2.79. The number of halogens is 1. The van der Waals surface area contributed by atoms with E-state index in [1.165, 1.54) is 4.31 Å². The smallest absolute Gasteiger partial charge is 0.243 e. The van der Waals surface area contributed by atoms with Gasteiger partial charge in [0.25, 0.3) is 0 Å². The van der Waals surface area contributed by atoms with Crippen molar-refractivity contribution in [2.24, 2.45) is 0 Å². The molecule has 0 aliphatic heterocycles. The van der Waals surface area contributed by atoms with Gasteiger partial charge in [0.15, 0.2) is 0 Å². The molecule has 0 heterocycles. The minimum absolute atomic E-state index is 0.151. The van der Waals surface area contributed by atoms with Crippen LogP contribution in [-0.2, 0) is 27.7 Å². The highest BCUT2D eigenvalue weighted by Gasteiger charge is 2.34. The molecule has 2 aromatic carbocycles. The molecule has 3 rings (SSSR count). The minimum atomic E-state index is -3.78. The third-order valence-electron chi connectivity index (χ3n) is 6.20. The van der Waals surface area contributed by atoms with Crippen LogP contribution in [0.1, 0.15) is 62.6 Å². The van der Waals surface area contributed by atoms with Crippen molar-refractivity contribution >= 4 is 37.5 Å². The predicted molar refractivity (Wildman–Crippen MR) is 133 cm³/mol. The van der Waals surface area contributed by atoms with E-state index in [0.29, 0.717) is 0 Å². The second-order valence-electron chi connectivity index (χ2n) is 8.51. The van der Waals surface area contributed by atoms with Crippen LogP contribution in [0, 0.1) is 6.92 Å². The SMILES string of the molecule is CCc1cc(Br)cc(CC)c1NC(=O)CN(C1CCCCC1)S(=O)(=O)c1ccc(C)cc1. The number of aryl methyl sites for hydroxylation is 3. The van der Waals surface area contributed by atoms with Gasteiger partial charge in [-0.1, -0.05) is 66.7 Å². The maximum Gasteiger partial charge on any atom is 0.243 e. The molecule has 0 spiro atoms. The Labute approximate surface area is 200 Å². The highest BCUT2D eigenvalue weighted by molar-refractivity contribution is 9.10. The summed E-state index contributed by atoms with van der Waals surface area (Å²) < 4.78 is 29.5. The number of hydrogen-bond acceptors (Lipinski definition) is 3. The third-order valence-corrected chi connectivity index (χ3v) is 8.57. The zero-order valence-electron chi connectivity index (χ0n) is 19.2. The van der Waals surface area contributed by atoms with E-state index in [-0.39, 0.29) is 23.4 Å². The van der Waals surface area contributed by atoms with Gasteiger partial charge in [-0.2, -0.15) is 4.31 Å². The Morgan fingerprint density at radius 2 is 1.59 bits per heavy atom. The highest BCUT2D eigenvalue weighted by Crippen LogP contribution is 2.30. The Morgan fingerprint density at radius 1 is 1.03 bits per heavy atom. The Balaban J connectivity index is 1.90. The quantitative estimate of drug-likeness (QED) is 0.474. The van der Waals surface area contributed by atoms with E-state index in [2.05, 4.69) is 21.2 Å². The summed E-state index contributed by atoms with van der Waals surface area (Å²) in [6.07, 6.45) is 6.21. The van der Waals surface area contributed by atoms with Crippen LogP contribution < -0.4 is 5.32 Å². The Bertz CT molecular complexity index is 1020. The van der Waals surface area contributed by atoms with E-state index in [4.69, 9.17) is 0 Å². The molecule has 0 radical (unpaired) electrons. The molecular formula is C25H33BrN2O3S. The molecule has 1 saturated carbocycles. The Kier molecular flexibility index (Phi) is 8.53. The normalized spacial score (nSPS) is 15.2. The van der Waals surface area contributed by atoms with Crippen molar-refractivity contribution in [1.82, 2.24) is 4.31 Å². The number of rotatable bonds is 8. The topological polar surface area (TPSA) is 66.5 Å². The number of hydrogen-bond donors (Lipinski definition) is 1. The molecule has 0 bridgehead atoms. The number of nitrogens with zero attached hydrogens (tertiary/aromatic N) is 1. The lowest BCUT2D eigenvalue weighted by Crippen LogP contribution is -2.45. The van der Waals surface area contributed by atoms with Crippen molar-refractivity contribution in [1.29, 1.82) is 0 Å². The van der Waals surface area contributed by atoms with E-state index >= 15 is 0 Å². The first-order valence-corrected chi connectivity index (χ1v) is 13.7. The summed E-state index contributed by atoms with van der Waals surface area (Å²) in [6.45, 7) is 5.85. The summed E-state index contributed by atoms with van der Waals surface area (Å²) in [6, 6.07) is 10.7. The monoisotopic (exact) mass is 520 g/mol. The molecule has 1 fully saturated rings. The van der Waals surface area contributed by atoms with Gasteiger partial charge in [-0.05, 0) is 68.0 Å². The number of carbonyl (C=O) groups excluding carboxylic acids is 1. The number of sulfonamides is 1. The van der Waals surface area contributed by atoms with Gasteiger partial charge in [-0.3, -0.25) is 4.79 Å². The van der Waals surface area contributed by atoms with Crippen LogP contribution >= 0.6 is 15.9 Å². The summed E-state index contributed by atoms with van der Waals surface area (Å²) in [5.41, 5.74) is 3.88.